The van der Waals surface area contributed by atoms with Gasteiger partial charge >= 0.3 is 7.82 Å². The van der Waals surface area contributed by atoms with E-state index in [1.807, 2.05) is 6.26 Å². The van der Waals surface area contributed by atoms with E-state index in [9.17, 15) is 4.57 Å². The highest BCUT2D eigenvalue weighted by Gasteiger charge is 2.21. The predicted molar refractivity (Wildman–Crippen MR) is 55.0 cm³/mol. The summed E-state index contributed by atoms with van der Waals surface area (Å²) in [5.74, 6) is 0. The largest absolute Gasteiger partial charge is 0.471 e. The Labute approximate surface area is 83.6 Å². The Morgan fingerprint density at radius 1 is 1.54 bits per heavy atom. The minimum Gasteiger partial charge on any atom is -0.303 e. The normalized spacial score (nSPS) is 17.0. The summed E-state index contributed by atoms with van der Waals surface area (Å²) in [4.78, 5) is 8.90. The van der Waals surface area contributed by atoms with Gasteiger partial charge in [0, 0.05) is 11.9 Å². The number of phosphoric acid groups is 1. The van der Waals surface area contributed by atoms with E-state index in [4.69, 9.17) is 9.42 Å². The number of hydrogen-bond acceptors (Lipinski definition) is 4. The third-order valence-electron chi connectivity index (χ3n) is 1.74. The molecule has 0 aromatic carbocycles. The van der Waals surface area contributed by atoms with E-state index in [1.165, 1.54) is 0 Å². The molecule has 0 heterocycles. The Morgan fingerprint density at radius 2 is 2.08 bits per heavy atom. The standard InChI is InChI=1S/C7H17O4PS/c1-7(2,13-4)5-6-11-12(8,9)10-3/h5-6H2,1-4H3,(H,8,9). The van der Waals surface area contributed by atoms with E-state index in [0.717, 1.165) is 7.11 Å². The van der Waals surface area contributed by atoms with Crippen LogP contribution in [-0.4, -0.2) is 29.6 Å². The van der Waals surface area contributed by atoms with E-state index >= 15 is 0 Å². The molecule has 0 aliphatic heterocycles. The lowest BCUT2D eigenvalue weighted by Gasteiger charge is -2.21. The first-order chi connectivity index (χ1) is 5.83. The summed E-state index contributed by atoms with van der Waals surface area (Å²) in [6, 6.07) is 0. The van der Waals surface area contributed by atoms with Crippen LogP contribution in [0.25, 0.3) is 0 Å². The number of rotatable bonds is 6. The van der Waals surface area contributed by atoms with Crippen molar-refractivity contribution < 1.29 is 18.5 Å². The molecule has 13 heavy (non-hydrogen) atoms. The van der Waals surface area contributed by atoms with Crippen molar-refractivity contribution in [3.8, 4) is 0 Å². The summed E-state index contributed by atoms with van der Waals surface area (Å²) in [5.41, 5.74) is 0. The molecule has 0 fully saturated rings. The molecule has 0 bridgehead atoms. The molecule has 0 aliphatic carbocycles. The summed E-state index contributed by atoms with van der Waals surface area (Å²) in [6.07, 6.45) is 2.71. The van der Waals surface area contributed by atoms with Crippen molar-refractivity contribution in [3.63, 3.8) is 0 Å². The van der Waals surface area contributed by atoms with Gasteiger partial charge < -0.3 is 4.89 Å². The first-order valence-corrected chi connectivity index (χ1v) is 6.63. The average molecular weight is 228 g/mol. The fourth-order valence-electron chi connectivity index (χ4n) is 0.562. The summed E-state index contributed by atoms with van der Waals surface area (Å²) in [6.45, 7) is 4.34. The molecule has 0 aromatic rings. The van der Waals surface area contributed by atoms with Gasteiger partial charge in [0.25, 0.3) is 0 Å². The van der Waals surface area contributed by atoms with E-state index in [0.29, 0.717) is 6.42 Å². The highest BCUT2D eigenvalue weighted by molar-refractivity contribution is 7.99. The molecule has 0 aromatic heterocycles. The monoisotopic (exact) mass is 228 g/mol. The van der Waals surface area contributed by atoms with Crippen molar-refractivity contribution in [3.05, 3.63) is 0 Å². The fourth-order valence-corrected chi connectivity index (χ4v) is 1.28. The Kier molecular flexibility index (Phi) is 5.56. The number of thioether (sulfide) groups is 1. The molecule has 0 rings (SSSR count). The third-order valence-corrected chi connectivity index (χ3v) is 4.02. The van der Waals surface area contributed by atoms with Gasteiger partial charge in [-0.25, -0.2) is 4.57 Å². The summed E-state index contributed by atoms with van der Waals surface area (Å²) >= 11 is 1.69. The maximum Gasteiger partial charge on any atom is 0.471 e. The van der Waals surface area contributed by atoms with Crippen molar-refractivity contribution in [1.29, 1.82) is 0 Å². The third kappa shape index (κ3) is 6.52. The SMILES string of the molecule is COP(=O)(O)OCCC(C)(C)SC. The van der Waals surface area contributed by atoms with Crippen molar-refractivity contribution in [2.75, 3.05) is 20.0 Å². The number of hydrogen-bond donors (Lipinski definition) is 1. The number of phosphoric ester groups is 1. The molecule has 4 nitrogen and oxygen atoms in total. The first-order valence-electron chi connectivity index (χ1n) is 3.91. The van der Waals surface area contributed by atoms with Gasteiger partial charge in [-0.1, -0.05) is 13.8 Å². The van der Waals surface area contributed by atoms with Gasteiger partial charge in [-0.05, 0) is 12.7 Å². The molecular formula is C7H17O4PS. The van der Waals surface area contributed by atoms with Crippen LogP contribution in [-0.2, 0) is 13.6 Å². The van der Waals surface area contributed by atoms with Gasteiger partial charge in [0.05, 0.1) is 6.61 Å². The second kappa shape index (κ2) is 5.37. The molecule has 0 spiro atoms. The molecule has 0 saturated heterocycles. The lowest BCUT2D eigenvalue weighted by molar-refractivity contribution is 0.168. The van der Waals surface area contributed by atoms with Crippen LogP contribution in [0.5, 0.6) is 0 Å². The second-order valence-corrected chi connectivity index (χ2v) is 6.27. The summed E-state index contributed by atoms with van der Waals surface area (Å²) in [7, 11) is -2.63. The topological polar surface area (TPSA) is 55.8 Å². The predicted octanol–water partition coefficient (Wildman–Crippen LogP) is 2.28. The smallest absolute Gasteiger partial charge is 0.303 e. The van der Waals surface area contributed by atoms with E-state index in [2.05, 4.69) is 18.4 Å². The molecule has 0 radical (unpaired) electrons. The van der Waals surface area contributed by atoms with E-state index in [1.54, 1.807) is 11.8 Å². The van der Waals surface area contributed by atoms with Crippen LogP contribution < -0.4 is 0 Å². The van der Waals surface area contributed by atoms with Gasteiger partial charge in [-0.15, -0.1) is 0 Å². The molecule has 6 heteroatoms. The van der Waals surface area contributed by atoms with Gasteiger partial charge in [0.2, 0.25) is 0 Å². The van der Waals surface area contributed by atoms with Crippen molar-refractivity contribution in [2.45, 2.75) is 25.0 Å². The maximum atomic E-state index is 10.9. The molecular weight excluding hydrogens is 211 g/mol. The molecule has 1 atom stereocenters. The lowest BCUT2D eigenvalue weighted by Crippen LogP contribution is -2.16. The van der Waals surface area contributed by atoms with Crippen LogP contribution >= 0.6 is 19.6 Å². The maximum absolute atomic E-state index is 10.9. The Morgan fingerprint density at radius 3 is 2.46 bits per heavy atom. The molecule has 1 N–H and O–H groups in total. The highest BCUT2D eigenvalue weighted by Crippen LogP contribution is 2.42. The summed E-state index contributed by atoms with van der Waals surface area (Å²) < 4.78 is 19.9. The molecule has 80 valence electrons. The zero-order chi connectivity index (χ0) is 10.5. The highest BCUT2D eigenvalue weighted by atomic mass is 32.2. The Bertz CT molecular complexity index is 195. The van der Waals surface area contributed by atoms with Crippen LogP contribution in [0.15, 0.2) is 0 Å². The second-order valence-electron chi connectivity index (χ2n) is 3.20. The molecule has 1 unspecified atom stereocenters. The minimum absolute atomic E-state index is 0.0632. The quantitative estimate of drug-likeness (QED) is 0.707. The zero-order valence-electron chi connectivity index (χ0n) is 8.44. The molecule has 0 amide bonds. The van der Waals surface area contributed by atoms with Crippen LogP contribution in [0.1, 0.15) is 20.3 Å². The van der Waals surface area contributed by atoms with E-state index < -0.39 is 7.82 Å². The van der Waals surface area contributed by atoms with Crippen LogP contribution in [0.3, 0.4) is 0 Å². The van der Waals surface area contributed by atoms with Gasteiger partial charge in [0.15, 0.2) is 0 Å². The Balaban J connectivity index is 3.74. The van der Waals surface area contributed by atoms with Crippen LogP contribution in [0.2, 0.25) is 0 Å². The molecule has 0 saturated carbocycles. The zero-order valence-corrected chi connectivity index (χ0v) is 10.2. The van der Waals surface area contributed by atoms with E-state index in [-0.39, 0.29) is 11.4 Å². The minimum atomic E-state index is -3.78. The molecule has 0 aliphatic rings. The van der Waals surface area contributed by atoms with Crippen LogP contribution in [0, 0.1) is 0 Å². The van der Waals surface area contributed by atoms with Gasteiger partial charge in [-0.2, -0.15) is 11.8 Å². The first kappa shape index (κ1) is 13.5. The Hall–Kier alpha value is 0.460. The average Bonchev–Trinajstić information content (AvgIpc) is 2.04. The van der Waals surface area contributed by atoms with Crippen LogP contribution in [0.4, 0.5) is 0 Å². The van der Waals surface area contributed by atoms with Gasteiger partial charge in [0.1, 0.15) is 0 Å². The van der Waals surface area contributed by atoms with Crippen molar-refractivity contribution >= 4 is 19.6 Å². The summed E-state index contributed by atoms with van der Waals surface area (Å²) in [5, 5.41) is 0. The lowest BCUT2D eigenvalue weighted by atomic mass is 10.1. The van der Waals surface area contributed by atoms with Crippen molar-refractivity contribution in [2.24, 2.45) is 0 Å². The fraction of sp³-hybridized carbons (Fsp3) is 1.00. The van der Waals surface area contributed by atoms with Gasteiger partial charge in [-0.3, -0.25) is 9.05 Å². The van der Waals surface area contributed by atoms with Crippen molar-refractivity contribution in [1.82, 2.24) is 0 Å².